The number of rotatable bonds is 5. The van der Waals surface area contributed by atoms with Crippen molar-refractivity contribution in [2.45, 2.75) is 19.8 Å². The molecule has 2 rings (SSSR count). The number of halogens is 1. The van der Waals surface area contributed by atoms with Gasteiger partial charge in [0.15, 0.2) is 0 Å². The van der Waals surface area contributed by atoms with Gasteiger partial charge >= 0.3 is 0 Å². The van der Waals surface area contributed by atoms with Crippen molar-refractivity contribution in [1.82, 2.24) is 0 Å². The third kappa shape index (κ3) is 3.33. The highest BCUT2D eigenvalue weighted by Gasteiger charge is 2.04. The summed E-state index contributed by atoms with van der Waals surface area (Å²) in [5.74, 6) is 0.793. The van der Waals surface area contributed by atoms with Crippen LogP contribution in [0.15, 0.2) is 41.0 Å². The zero-order valence-corrected chi connectivity index (χ0v) is 10.1. The van der Waals surface area contributed by atoms with E-state index < -0.39 is 0 Å². The molecule has 1 heterocycles. The maximum absolute atomic E-state index is 5.80. The van der Waals surface area contributed by atoms with Gasteiger partial charge in [0.25, 0.3) is 0 Å². The summed E-state index contributed by atoms with van der Waals surface area (Å²) in [6.45, 7) is 1.43. The maximum atomic E-state index is 5.80. The number of hydrogen-bond donors (Lipinski definition) is 1. The van der Waals surface area contributed by atoms with E-state index in [0.717, 1.165) is 21.9 Å². The molecule has 2 N–H and O–H groups in total. The highest BCUT2D eigenvalue weighted by Crippen LogP contribution is 2.14. The number of benzene rings is 1. The van der Waals surface area contributed by atoms with E-state index in [9.17, 15) is 0 Å². The molecule has 0 atom stereocenters. The average Bonchev–Trinajstić information content (AvgIpc) is 2.79. The first-order valence-electron chi connectivity index (χ1n) is 5.37. The smallest absolute Gasteiger partial charge is 0.133 e. The molecular weight excluding hydrogens is 238 g/mol. The Bertz CT molecular complexity index is 465. The summed E-state index contributed by atoms with van der Waals surface area (Å²) in [5.41, 5.74) is 7.63. The summed E-state index contributed by atoms with van der Waals surface area (Å²) in [7, 11) is 0. The van der Waals surface area contributed by atoms with Gasteiger partial charge in [0.1, 0.15) is 12.4 Å². The first-order valence-corrected chi connectivity index (χ1v) is 5.75. The van der Waals surface area contributed by atoms with Crippen molar-refractivity contribution in [2.24, 2.45) is 5.73 Å². The molecule has 0 saturated carbocycles. The third-order valence-corrected chi connectivity index (χ3v) is 2.72. The monoisotopic (exact) mass is 251 g/mol. The SMILES string of the molecule is NCc1ccoc1COCc1ccc(Cl)cc1. The predicted octanol–water partition coefficient (Wildman–Crippen LogP) is 3.11. The van der Waals surface area contributed by atoms with Gasteiger partial charge in [-0.25, -0.2) is 0 Å². The van der Waals surface area contributed by atoms with Crippen molar-refractivity contribution in [3.63, 3.8) is 0 Å². The predicted molar refractivity (Wildman–Crippen MR) is 66.5 cm³/mol. The molecule has 0 aliphatic carbocycles. The van der Waals surface area contributed by atoms with E-state index >= 15 is 0 Å². The second kappa shape index (κ2) is 5.87. The molecule has 0 fully saturated rings. The normalized spacial score (nSPS) is 10.7. The lowest BCUT2D eigenvalue weighted by atomic mass is 10.2. The van der Waals surface area contributed by atoms with E-state index in [-0.39, 0.29) is 0 Å². The van der Waals surface area contributed by atoms with Crippen LogP contribution in [0.2, 0.25) is 5.02 Å². The van der Waals surface area contributed by atoms with Crippen LogP contribution in [0.4, 0.5) is 0 Å². The van der Waals surface area contributed by atoms with E-state index in [1.807, 2.05) is 30.3 Å². The standard InChI is InChI=1S/C13H14ClNO2/c14-12-3-1-10(2-4-12)8-16-9-13-11(7-15)5-6-17-13/h1-6H,7-9,15H2. The number of nitrogens with two attached hydrogens (primary N) is 1. The van der Waals surface area contributed by atoms with E-state index in [1.165, 1.54) is 0 Å². The quantitative estimate of drug-likeness (QED) is 0.888. The first kappa shape index (κ1) is 12.2. The second-order valence-electron chi connectivity index (χ2n) is 3.69. The van der Waals surface area contributed by atoms with Gasteiger partial charge < -0.3 is 14.9 Å². The summed E-state index contributed by atoms with van der Waals surface area (Å²) in [6, 6.07) is 9.43. The van der Waals surface area contributed by atoms with Gasteiger partial charge in [0.05, 0.1) is 12.9 Å². The maximum Gasteiger partial charge on any atom is 0.133 e. The molecule has 17 heavy (non-hydrogen) atoms. The molecule has 0 spiro atoms. The van der Waals surface area contributed by atoms with Crippen molar-refractivity contribution in [3.05, 3.63) is 58.5 Å². The molecule has 2 aromatic rings. The van der Waals surface area contributed by atoms with Crippen LogP contribution < -0.4 is 5.73 Å². The minimum Gasteiger partial charge on any atom is -0.467 e. The van der Waals surface area contributed by atoms with Crippen molar-refractivity contribution < 1.29 is 9.15 Å². The van der Waals surface area contributed by atoms with Gasteiger partial charge in [-0.15, -0.1) is 0 Å². The Labute approximate surface area is 105 Å². The molecule has 1 aromatic carbocycles. The van der Waals surface area contributed by atoms with Crippen molar-refractivity contribution >= 4 is 11.6 Å². The van der Waals surface area contributed by atoms with Crippen LogP contribution in [0.25, 0.3) is 0 Å². The van der Waals surface area contributed by atoms with Crippen LogP contribution in [0.3, 0.4) is 0 Å². The molecular formula is C13H14ClNO2. The van der Waals surface area contributed by atoms with Crippen LogP contribution >= 0.6 is 11.6 Å². The molecule has 0 saturated heterocycles. The molecule has 0 bridgehead atoms. The van der Waals surface area contributed by atoms with Gasteiger partial charge in [-0.1, -0.05) is 23.7 Å². The van der Waals surface area contributed by atoms with E-state index in [4.69, 9.17) is 26.5 Å². The van der Waals surface area contributed by atoms with E-state index in [0.29, 0.717) is 19.8 Å². The van der Waals surface area contributed by atoms with Crippen molar-refractivity contribution in [3.8, 4) is 0 Å². The summed E-state index contributed by atoms with van der Waals surface area (Å²) < 4.78 is 10.8. The summed E-state index contributed by atoms with van der Waals surface area (Å²) in [5, 5.41) is 0.727. The van der Waals surface area contributed by atoms with Crippen molar-refractivity contribution in [1.29, 1.82) is 0 Å². The van der Waals surface area contributed by atoms with Crippen molar-refractivity contribution in [2.75, 3.05) is 0 Å². The van der Waals surface area contributed by atoms with Crippen LogP contribution in [-0.4, -0.2) is 0 Å². The lowest BCUT2D eigenvalue weighted by molar-refractivity contribution is 0.0922. The number of furan rings is 1. The molecule has 0 amide bonds. The fourth-order valence-corrected chi connectivity index (χ4v) is 1.64. The Balaban J connectivity index is 1.85. The zero-order chi connectivity index (χ0) is 12.1. The summed E-state index contributed by atoms with van der Waals surface area (Å²) in [4.78, 5) is 0. The van der Waals surface area contributed by atoms with Gasteiger partial charge in [0.2, 0.25) is 0 Å². The highest BCUT2D eigenvalue weighted by atomic mass is 35.5. The van der Waals surface area contributed by atoms with Crippen LogP contribution in [0, 0.1) is 0 Å². The molecule has 90 valence electrons. The molecule has 4 heteroatoms. The summed E-state index contributed by atoms with van der Waals surface area (Å²) >= 11 is 5.80. The van der Waals surface area contributed by atoms with Crippen LogP contribution in [0.1, 0.15) is 16.9 Å². The Hall–Kier alpha value is -1.29. The number of ether oxygens (including phenoxy) is 1. The second-order valence-corrected chi connectivity index (χ2v) is 4.13. The first-order chi connectivity index (χ1) is 8.29. The Morgan fingerprint density at radius 3 is 2.59 bits per heavy atom. The summed E-state index contributed by atoms with van der Waals surface area (Å²) in [6.07, 6.45) is 1.63. The highest BCUT2D eigenvalue weighted by molar-refractivity contribution is 6.30. The molecule has 1 aromatic heterocycles. The van der Waals surface area contributed by atoms with Gasteiger partial charge in [-0.3, -0.25) is 0 Å². The zero-order valence-electron chi connectivity index (χ0n) is 9.36. The van der Waals surface area contributed by atoms with Gasteiger partial charge in [-0.2, -0.15) is 0 Å². The minimum atomic E-state index is 0.433. The van der Waals surface area contributed by atoms with E-state index in [2.05, 4.69) is 0 Å². The lowest BCUT2D eigenvalue weighted by Gasteiger charge is -2.04. The van der Waals surface area contributed by atoms with E-state index in [1.54, 1.807) is 6.26 Å². The van der Waals surface area contributed by atoms with Crippen LogP contribution in [-0.2, 0) is 24.5 Å². The lowest BCUT2D eigenvalue weighted by Crippen LogP contribution is -2.00. The topological polar surface area (TPSA) is 48.4 Å². The Morgan fingerprint density at radius 1 is 1.12 bits per heavy atom. The Kier molecular flexibility index (Phi) is 4.20. The third-order valence-electron chi connectivity index (χ3n) is 2.47. The average molecular weight is 252 g/mol. The van der Waals surface area contributed by atoms with Gasteiger partial charge in [0, 0.05) is 17.1 Å². The van der Waals surface area contributed by atoms with Crippen LogP contribution in [0.5, 0.6) is 0 Å². The Morgan fingerprint density at radius 2 is 1.88 bits per heavy atom. The largest absolute Gasteiger partial charge is 0.467 e. The molecule has 0 aliphatic heterocycles. The molecule has 0 aliphatic rings. The number of hydrogen-bond acceptors (Lipinski definition) is 3. The molecule has 0 unspecified atom stereocenters. The minimum absolute atomic E-state index is 0.433. The van der Waals surface area contributed by atoms with Gasteiger partial charge in [-0.05, 0) is 23.8 Å². The molecule has 3 nitrogen and oxygen atoms in total. The molecule has 0 radical (unpaired) electrons. The fourth-order valence-electron chi connectivity index (χ4n) is 1.52. The fraction of sp³-hybridized carbons (Fsp3) is 0.231.